The third-order valence-electron chi connectivity index (χ3n) is 1.42. The lowest BCUT2D eigenvalue weighted by atomic mass is 10.2. The molecule has 0 atom stereocenters. The second kappa shape index (κ2) is 3.95. The third-order valence-corrected chi connectivity index (χ3v) is 2.23. The number of pyridine rings is 1. The molecular formula is C7H3BrF3NO2. The van der Waals surface area contributed by atoms with Crippen molar-refractivity contribution in [2.45, 2.75) is 6.43 Å². The normalized spacial score (nSPS) is 10.6. The number of aromatic carboxylic acids is 1. The molecule has 1 N–H and O–H groups in total. The predicted octanol–water partition coefficient (Wildman–Crippen LogP) is 2.62. The Hall–Kier alpha value is -1.11. The van der Waals surface area contributed by atoms with E-state index in [4.69, 9.17) is 5.11 Å². The van der Waals surface area contributed by atoms with Crippen LogP contribution in [0.15, 0.2) is 10.7 Å². The molecule has 76 valence electrons. The molecule has 0 bridgehead atoms. The van der Waals surface area contributed by atoms with Crippen molar-refractivity contribution in [3.63, 3.8) is 0 Å². The van der Waals surface area contributed by atoms with Gasteiger partial charge in [0.1, 0.15) is 0 Å². The Morgan fingerprint density at radius 1 is 1.57 bits per heavy atom. The van der Waals surface area contributed by atoms with Gasteiger partial charge in [-0.3, -0.25) is 0 Å². The Labute approximate surface area is 84.7 Å². The van der Waals surface area contributed by atoms with Gasteiger partial charge in [-0.05, 0) is 15.9 Å². The number of nitrogens with zero attached hydrogens (tertiary/aromatic N) is 1. The summed E-state index contributed by atoms with van der Waals surface area (Å²) in [7, 11) is 0. The van der Waals surface area contributed by atoms with Crippen LogP contribution < -0.4 is 0 Å². The summed E-state index contributed by atoms with van der Waals surface area (Å²) in [4.78, 5) is 13.4. The van der Waals surface area contributed by atoms with Gasteiger partial charge >= 0.3 is 5.97 Å². The van der Waals surface area contributed by atoms with Crippen LogP contribution in [0.25, 0.3) is 0 Å². The number of carboxylic acids is 1. The van der Waals surface area contributed by atoms with E-state index >= 15 is 0 Å². The molecule has 1 heterocycles. The van der Waals surface area contributed by atoms with Gasteiger partial charge in [0.2, 0.25) is 0 Å². The molecule has 0 aliphatic rings. The summed E-state index contributed by atoms with van der Waals surface area (Å²) < 4.78 is 36.8. The third kappa shape index (κ3) is 1.87. The minimum Gasteiger partial charge on any atom is -0.476 e. The number of halogens is 4. The quantitative estimate of drug-likeness (QED) is 0.898. The van der Waals surface area contributed by atoms with E-state index in [-0.39, 0.29) is 0 Å². The zero-order valence-electron chi connectivity index (χ0n) is 6.47. The van der Waals surface area contributed by atoms with Gasteiger partial charge in [-0.2, -0.15) is 0 Å². The molecule has 1 rings (SSSR count). The van der Waals surface area contributed by atoms with Crippen LogP contribution in [0.4, 0.5) is 13.2 Å². The van der Waals surface area contributed by atoms with Crippen LogP contribution in [0.2, 0.25) is 0 Å². The van der Waals surface area contributed by atoms with Gasteiger partial charge < -0.3 is 5.11 Å². The number of aromatic nitrogens is 1. The highest BCUT2D eigenvalue weighted by Crippen LogP contribution is 2.29. The summed E-state index contributed by atoms with van der Waals surface area (Å²) in [6, 6.07) is 0. The molecule has 0 aliphatic carbocycles. The van der Waals surface area contributed by atoms with Crippen molar-refractivity contribution in [2.24, 2.45) is 0 Å². The highest BCUT2D eigenvalue weighted by Gasteiger charge is 2.21. The van der Waals surface area contributed by atoms with Crippen molar-refractivity contribution in [1.82, 2.24) is 4.98 Å². The van der Waals surface area contributed by atoms with E-state index in [1.54, 1.807) is 0 Å². The highest BCUT2D eigenvalue weighted by molar-refractivity contribution is 9.10. The average molecular weight is 270 g/mol. The van der Waals surface area contributed by atoms with E-state index in [1.165, 1.54) is 0 Å². The SMILES string of the molecule is O=C(O)c1ncc(C(F)F)c(Br)c1F. The molecule has 0 amide bonds. The van der Waals surface area contributed by atoms with Gasteiger partial charge in [0, 0.05) is 6.20 Å². The van der Waals surface area contributed by atoms with Crippen LogP contribution in [0.3, 0.4) is 0 Å². The number of carbonyl (C=O) groups is 1. The van der Waals surface area contributed by atoms with Gasteiger partial charge in [-0.25, -0.2) is 22.9 Å². The second-order valence-electron chi connectivity index (χ2n) is 2.30. The predicted molar refractivity (Wildman–Crippen MR) is 43.8 cm³/mol. The summed E-state index contributed by atoms with van der Waals surface area (Å²) in [5.41, 5.74) is -1.56. The van der Waals surface area contributed by atoms with Crippen LogP contribution in [0.1, 0.15) is 22.5 Å². The Morgan fingerprint density at radius 3 is 2.57 bits per heavy atom. The first-order valence-electron chi connectivity index (χ1n) is 3.30. The smallest absolute Gasteiger partial charge is 0.357 e. The van der Waals surface area contributed by atoms with E-state index < -0.39 is 33.9 Å². The average Bonchev–Trinajstić information content (AvgIpc) is 2.08. The maximum atomic E-state index is 13.0. The molecule has 0 fully saturated rings. The first-order valence-corrected chi connectivity index (χ1v) is 4.09. The van der Waals surface area contributed by atoms with Crippen LogP contribution in [-0.4, -0.2) is 16.1 Å². The highest BCUT2D eigenvalue weighted by atomic mass is 79.9. The maximum Gasteiger partial charge on any atom is 0.357 e. The fourth-order valence-corrected chi connectivity index (χ4v) is 1.24. The van der Waals surface area contributed by atoms with Crippen LogP contribution in [-0.2, 0) is 0 Å². The monoisotopic (exact) mass is 269 g/mol. The summed E-state index contributed by atoms with van der Waals surface area (Å²) in [6.07, 6.45) is -2.28. The molecule has 7 heteroatoms. The van der Waals surface area contributed by atoms with E-state index in [1.807, 2.05) is 0 Å². The lowest BCUT2D eigenvalue weighted by molar-refractivity contribution is 0.0683. The number of carboxylic acid groups (broad SMARTS) is 1. The lowest BCUT2D eigenvalue weighted by Gasteiger charge is -2.04. The van der Waals surface area contributed by atoms with Crippen molar-refractivity contribution in [1.29, 1.82) is 0 Å². The van der Waals surface area contributed by atoms with Crippen molar-refractivity contribution >= 4 is 21.9 Å². The molecule has 0 unspecified atom stereocenters. The van der Waals surface area contributed by atoms with Crippen molar-refractivity contribution in [3.05, 3.63) is 27.7 Å². The Balaban J connectivity index is 3.33. The van der Waals surface area contributed by atoms with E-state index in [2.05, 4.69) is 20.9 Å². The number of rotatable bonds is 2. The molecule has 1 aromatic rings. The maximum absolute atomic E-state index is 13.0. The molecular weight excluding hydrogens is 267 g/mol. The van der Waals surface area contributed by atoms with Crippen molar-refractivity contribution in [3.8, 4) is 0 Å². The van der Waals surface area contributed by atoms with E-state index in [9.17, 15) is 18.0 Å². The van der Waals surface area contributed by atoms with Gasteiger partial charge in [0.25, 0.3) is 6.43 Å². The van der Waals surface area contributed by atoms with Crippen LogP contribution in [0.5, 0.6) is 0 Å². The molecule has 0 spiro atoms. The minimum atomic E-state index is -2.91. The van der Waals surface area contributed by atoms with Crippen LogP contribution >= 0.6 is 15.9 Å². The first-order chi connectivity index (χ1) is 6.45. The molecule has 14 heavy (non-hydrogen) atoms. The summed E-state index contributed by atoms with van der Waals surface area (Å²) >= 11 is 2.54. The Kier molecular flexibility index (Phi) is 3.10. The summed E-state index contributed by atoms with van der Waals surface area (Å²) in [5, 5.41) is 8.41. The Bertz CT molecular complexity index is 383. The topological polar surface area (TPSA) is 50.2 Å². The fourth-order valence-electron chi connectivity index (χ4n) is 0.779. The van der Waals surface area contributed by atoms with Gasteiger partial charge in [-0.1, -0.05) is 0 Å². The van der Waals surface area contributed by atoms with Crippen molar-refractivity contribution < 1.29 is 23.1 Å². The summed E-state index contributed by atoms with van der Waals surface area (Å²) in [6.45, 7) is 0. The number of alkyl halides is 2. The molecule has 0 aliphatic heterocycles. The first kappa shape index (κ1) is 11.0. The number of hydrogen-bond donors (Lipinski definition) is 1. The Morgan fingerprint density at radius 2 is 2.14 bits per heavy atom. The van der Waals surface area contributed by atoms with Gasteiger partial charge in [0.15, 0.2) is 11.5 Å². The minimum absolute atomic E-state index is 0.570. The van der Waals surface area contributed by atoms with Crippen molar-refractivity contribution in [2.75, 3.05) is 0 Å². The molecule has 0 saturated heterocycles. The fraction of sp³-hybridized carbons (Fsp3) is 0.143. The molecule has 0 radical (unpaired) electrons. The van der Waals surface area contributed by atoms with E-state index in [0.717, 1.165) is 0 Å². The largest absolute Gasteiger partial charge is 0.476 e. The van der Waals surface area contributed by atoms with Gasteiger partial charge in [0.05, 0.1) is 10.0 Å². The molecule has 3 nitrogen and oxygen atoms in total. The molecule has 1 aromatic heterocycles. The number of hydrogen-bond acceptors (Lipinski definition) is 2. The van der Waals surface area contributed by atoms with Crippen LogP contribution in [0, 0.1) is 5.82 Å². The zero-order valence-corrected chi connectivity index (χ0v) is 8.06. The molecule has 0 aromatic carbocycles. The zero-order chi connectivity index (χ0) is 10.9. The van der Waals surface area contributed by atoms with E-state index in [0.29, 0.717) is 6.20 Å². The molecule has 0 saturated carbocycles. The lowest BCUT2D eigenvalue weighted by Crippen LogP contribution is -2.06. The summed E-state index contributed by atoms with van der Waals surface area (Å²) in [5.74, 6) is -2.90. The van der Waals surface area contributed by atoms with Gasteiger partial charge in [-0.15, -0.1) is 0 Å². The second-order valence-corrected chi connectivity index (χ2v) is 3.09. The standard InChI is InChI=1S/C7H3BrF3NO2/c8-3-2(6(10)11)1-12-5(4(3)9)7(13)14/h1,6H,(H,13,14).